The summed E-state index contributed by atoms with van der Waals surface area (Å²) in [5, 5.41) is 0. The minimum atomic E-state index is -4.27. The van der Waals surface area contributed by atoms with Crippen molar-refractivity contribution in [3.05, 3.63) is 35.4 Å². The molecule has 11 heavy (non-hydrogen) atoms. The SMILES string of the molecule is Cc1[c]c(C(F)(F)F)ccc1. The van der Waals surface area contributed by atoms with Crippen LogP contribution < -0.4 is 0 Å². The lowest BCUT2D eigenvalue weighted by molar-refractivity contribution is -0.137. The zero-order chi connectivity index (χ0) is 8.48. The van der Waals surface area contributed by atoms with E-state index in [9.17, 15) is 13.2 Å². The van der Waals surface area contributed by atoms with Gasteiger partial charge in [0.15, 0.2) is 0 Å². The van der Waals surface area contributed by atoms with E-state index >= 15 is 0 Å². The van der Waals surface area contributed by atoms with Crippen molar-refractivity contribution in [1.29, 1.82) is 0 Å². The van der Waals surface area contributed by atoms with E-state index in [2.05, 4.69) is 6.07 Å². The molecule has 0 bridgehead atoms. The Hall–Kier alpha value is -0.990. The van der Waals surface area contributed by atoms with Crippen LogP contribution in [0.4, 0.5) is 13.2 Å². The van der Waals surface area contributed by atoms with Crippen molar-refractivity contribution in [2.75, 3.05) is 0 Å². The van der Waals surface area contributed by atoms with Crippen molar-refractivity contribution in [3.8, 4) is 0 Å². The molecule has 1 aromatic carbocycles. The maximum Gasteiger partial charge on any atom is 0.417 e. The second-order valence-electron chi connectivity index (χ2n) is 2.25. The van der Waals surface area contributed by atoms with Gasteiger partial charge in [0.1, 0.15) is 0 Å². The average Bonchev–Trinajstić information content (AvgIpc) is 1.86. The molecule has 0 aliphatic carbocycles. The molecule has 0 saturated heterocycles. The van der Waals surface area contributed by atoms with E-state index < -0.39 is 11.7 Å². The van der Waals surface area contributed by atoms with E-state index in [4.69, 9.17) is 0 Å². The van der Waals surface area contributed by atoms with Crippen molar-refractivity contribution in [3.63, 3.8) is 0 Å². The number of benzene rings is 1. The van der Waals surface area contributed by atoms with Gasteiger partial charge in [-0.15, -0.1) is 0 Å². The number of hydrogen-bond donors (Lipinski definition) is 0. The molecule has 0 aromatic heterocycles. The third kappa shape index (κ3) is 1.97. The maximum atomic E-state index is 11.9. The molecule has 1 radical (unpaired) electrons. The van der Waals surface area contributed by atoms with Crippen molar-refractivity contribution in [1.82, 2.24) is 0 Å². The maximum absolute atomic E-state index is 11.9. The normalized spacial score (nSPS) is 11.6. The average molecular weight is 159 g/mol. The van der Waals surface area contributed by atoms with Crippen molar-refractivity contribution < 1.29 is 13.2 Å². The third-order valence-corrected chi connectivity index (χ3v) is 1.25. The number of aryl methyl sites for hydroxylation is 1. The molecule has 0 heterocycles. The van der Waals surface area contributed by atoms with Gasteiger partial charge in [-0.3, -0.25) is 0 Å². The van der Waals surface area contributed by atoms with Gasteiger partial charge in [-0.05, 0) is 24.6 Å². The fourth-order valence-electron chi connectivity index (χ4n) is 0.750. The van der Waals surface area contributed by atoms with Crippen LogP contribution in [-0.4, -0.2) is 0 Å². The molecule has 1 aromatic rings. The predicted octanol–water partition coefficient (Wildman–Crippen LogP) is 2.81. The summed E-state index contributed by atoms with van der Waals surface area (Å²) in [7, 11) is 0. The van der Waals surface area contributed by atoms with Gasteiger partial charge in [0.2, 0.25) is 0 Å². The van der Waals surface area contributed by atoms with Gasteiger partial charge in [0, 0.05) is 0 Å². The number of hydrogen-bond acceptors (Lipinski definition) is 0. The van der Waals surface area contributed by atoms with Crippen LogP contribution in [0.15, 0.2) is 18.2 Å². The van der Waals surface area contributed by atoms with Crippen molar-refractivity contribution in [2.45, 2.75) is 13.1 Å². The summed E-state index contributed by atoms with van der Waals surface area (Å²) < 4.78 is 35.8. The first-order valence-electron chi connectivity index (χ1n) is 3.06. The lowest BCUT2D eigenvalue weighted by Gasteiger charge is -2.05. The summed E-state index contributed by atoms with van der Waals surface area (Å²) in [6.45, 7) is 1.58. The molecule has 0 atom stereocenters. The minimum absolute atomic E-state index is 0.500. The monoisotopic (exact) mass is 159 g/mol. The first-order chi connectivity index (χ1) is 5.00. The third-order valence-electron chi connectivity index (χ3n) is 1.25. The van der Waals surface area contributed by atoms with E-state index in [1.807, 2.05) is 0 Å². The van der Waals surface area contributed by atoms with E-state index in [0.29, 0.717) is 5.56 Å². The lowest BCUT2D eigenvalue weighted by atomic mass is 10.1. The van der Waals surface area contributed by atoms with Gasteiger partial charge in [-0.2, -0.15) is 13.2 Å². The van der Waals surface area contributed by atoms with Crippen molar-refractivity contribution >= 4 is 0 Å². The summed E-state index contributed by atoms with van der Waals surface area (Å²) in [6.07, 6.45) is -4.27. The predicted molar refractivity (Wildman–Crippen MR) is 35.0 cm³/mol. The van der Waals surface area contributed by atoms with E-state index in [1.54, 1.807) is 13.0 Å². The number of rotatable bonds is 0. The molecular formula is C8H6F3. The molecule has 0 aliphatic heterocycles. The van der Waals surface area contributed by atoms with Gasteiger partial charge in [0.25, 0.3) is 0 Å². The van der Waals surface area contributed by atoms with Crippen molar-refractivity contribution in [2.24, 2.45) is 0 Å². The Balaban J connectivity index is 3.06. The summed E-state index contributed by atoms with van der Waals surface area (Å²) in [6, 6.07) is 6.18. The fraction of sp³-hybridized carbons (Fsp3) is 0.250. The lowest BCUT2D eigenvalue weighted by Crippen LogP contribution is -2.04. The number of halogens is 3. The highest BCUT2D eigenvalue weighted by Crippen LogP contribution is 2.28. The standard InChI is InChI=1S/C8H6F3/c1-6-3-2-4-7(5-6)8(9,10)11/h2-4H,1H3. The van der Waals surface area contributed by atoms with E-state index in [0.717, 1.165) is 6.07 Å². The molecule has 1 rings (SSSR count). The highest BCUT2D eigenvalue weighted by atomic mass is 19.4. The van der Waals surface area contributed by atoms with Gasteiger partial charge in [-0.1, -0.05) is 12.1 Å². The van der Waals surface area contributed by atoms with Gasteiger partial charge < -0.3 is 0 Å². The molecule has 0 amide bonds. The van der Waals surface area contributed by atoms with Crippen LogP contribution in [0, 0.1) is 13.0 Å². The Kier molecular flexibility index (Phi) is 1.89. The van der Waals surface area contributed by atoms with Gasteiger partial charge in [-0.25, -0.2) is 0 Å². The summed E-state index contributed by atoms with van der Waals surface area (Å²) >= 11 is 0. The molecule has 0 saturated carbocycles. The van der Waals surface area contributed by atoms with Gasteiger partial charge in [0.05, 0.1) is 5.56 Å². The topological polar surface area (TPSA) is 0 Å². The quantitative estimate of drug-likeness (QED) is 0.546. The van der Waals surface area contributed by atoms with Crippen LogP contribution in [0.3, 0.4) is 0 Å². The van der Waals surface area contributed by atoms with Crippen LogP contribution in [0.1, 0.15) is 11.1 Å². The molecule has 0 aliphatic rings. The zero-order valence-electron chi connectivity index (χ0n) is 5.87. The fourth-order valence-corrected chi connectivity index (χ4v) is 0.750. The molecule has 0 fully saturated rings. The Labute approximate surface area is 62.7 Å². The second-order valence-corrected chi connectivity index (χ2v) is 2.25. The smallest absolute Gasteiger partial charge is 0.166 e. The van der Waals surface area contributed by atoms with E-state index in [1.165, 1.54) is 6.07 Å². The molecule has 0 nitrogen and oxygen atoms in total. The first-order valence-corrected chi connectivity index (χ1v) is 3.06. The molecule has 59 valence electrons. The van der Waals surface area contributed by atoms with Gasteiger partial charge >= 0.3 is 6.18 Å². The molecule has 3 heteroatoms. The van der Waals surface area contributed by atoms with Crippen LogP contribution in [0.5, 0.6) is 0 Å². The first kappa shape index (κ1) is 8.11. The molecule has 0 spiro atoms. The van der Waals surface area contributed by atoms with Crippen LogP contribution >= 0.6 is 0 Å². The van der Waals surface area contributed by atoms with Crippen LogP contribution in [-0.2, 0) is 6.18 Å². The van der Waals surface area contributed by atoms with Crippen LogP contribution in [0.25, 0.3) is 0 Å². The summed E-state index contributed by atoms with van der Waals surface area (Å²) in [4.78, 5) is 0. The Morgan fingerprint density at radius 2 is 1.91 bits per heavy atom. The second kappa shape index (κ2) is 2.57. The van der Waals surface area contributed by atoms with E-state index in [-0.39, 0.29) is 0 Å². The highest BCUT2D eigenvalue weighted by Gasteiger charge is 2.30. The van der Waals surface area contributed by atoms with Crippen LogP contribution in [0.2, 0.25) is 0 Å². The highest BCUT2D eigenvalue weighted by molar-refractivity contribution is 5.22. The Morgan fingerprint density at radius 3 is 2.27 bits per heavy atom. The summed E-state index contributed by atoms with van der Waals surface area (Å²) in [5.41, 5.74) is -0.211. The largest absolute Gasteiger partial charge is 0.417 e. The Morgan fingerprint density at radius 1 is 1.27 bits per heavy atom. The molecule has 0 N–H and O–H groups in total. The molecular weight excluding hydrogens is 153 g/mol. The number of alkyl halides is 3. The molecule has 0 unspecified atom stereocenters. The Bertz CT molecular complexity index is 250. The zero-order valence-corrected chi connectivity index (χ0v) is 5.87. The minimum Gasteiger partial charge on any atom is -0.166 e. The summed E-state index contributed by atoms with van der Waals surface area (Å²) in [5.74, 6) is 0.